The largest absolute Gasteiger partial charge is 0.496 e. The molecule has 0 bridgehead atoms. The molecule has 0 aliphatic carbocycles. The minimum Gasteiger partial charge on any atom is -0.496 e. The second-order valence-electron chi connectivity index (χ2n) is 7.77. The van der Waals surface area contributed by atoms with Gasteiger partial charge in [0.15, 0.2) is 0 Å². The molecule has 162 valence electrons. The fourth-order valence-corrected chi connectivity index (χ4v) is 3.96. The highest BCUT2D eigenvalue weighted by molar-refractivity contribution is 6.46. The summed E-state index contributed by atoms with van der Waals surface area (Å²) in [6.45, 7) is 5.72. The van der Waals surface area contributed by atoms with Gasteiger partial charge in [0.1, 0.15) is 11.4 Å². The number of methoxy groups -OCH3 is 1. The molecule has 6 heteroatoms. The molecule has 1 aliphatic rings. The van der Waals surface area contributed by atoms with Crippen LogP contribution in [0.3, 0.4) is 0 Å². The number of anilines is 2. The standard InChI is InChI=1S/C26H23ClN2O3/c1-15-9-10-17(3)21(13-15)29-25(30)23(19-7-5-6-8-22(19)32-4)24(26(29)31)28-20-14-18(27)12-11-16(20)2/h5-14,28H,1-4H3. The first kappa shape index (κ1) is 21.7. The molecule has 1 N–H and O–H groups in total. The van der Waals surface area contributed by atoms with Crippen molar-refractivity contribution in [1.82, 2.24) is 0 Å². The summed E-state index contributed by atoms with van der Waals surface area (Å²) < 4.78 is 5.50. The zero-order valence-corrected chi connectivity index (χ0v) is 19.1. The van der Waals surface area contributed by atoms with Crippen molar-refractivity contribution in [2.24, 2.45) is 0 Å². The van der Waals surface area contributed by atoms with E-state index >= 15 is 0 Å². The highest BCUT2D eigenvalue weighted by Crippen LogP contribution is 2.39. The maximum atomic E-state index is 13.7. The third-order valence-corrected chi connectivity index (χ3v) is 5.76. The van der Waals surface area contributed by atoms with Gasteiger partial charge in [-0.05, 0) is 61.7 Å². The number of para-hydroxylation sites is 1. The number of nitrogens with zero attached hydrogens (tertiary/aromatic N) is 1. The number of hydrogen-bond donors (Lipinski definition) is 1. The van der Waals surface area contributed by atoms with E-state index in [1.165, 1.54) is 12.0 Å². The second-order valence-corrected chi connectivity index (χ2v) is 8.21. The van der Waals surface area contributed by atoms with E-state index in [1.807, 2.05) is 57.2 Å². The fourth-order valence-electron chi connectivity index (χ4n) is 3.79. The summed E-state index contributed by atoms with van der Waals surface area (Å²) in [6.07, 6.45) is 0. The Hall–Kier alpha value is -3.57. The number of rotatable bonds is 5. The van der Waals surface area contributed by atoms with E-state index in [4.69, 9.17) is 16.3 Å². The van der Waals surface area contributed by atoms with Crippen LogP contribution in [-0.4, -0.2) is 18.9 Å². The quantitative estimate of drug-likeness (QED) is 0.513. The Kier molecular flexibility index (Phi) is 5.76. The number of aryl methyl sites for hydroxylation is 3. The van der Waals surface area contributed by atoms with Crippen LogP contribution in [0.25, 0.3) is 5.57 Å². The van der Waals surface area contributed by atoms with Crippen LogP contribution in [-0.2, 0) is 9.59 Å². The Bertz CT molecular complexity index is 1280. The normalized spacial score (nSPS) is 13.7. The molecule has 0 unspecified atom stereocenters. The number of carbonyl (C=O) groups is 2. The van der Waals surface area contributed by atoms with E-state index in [9.17, 15) is 9.59 Å². The molecule has 0 fully saturated rings. The fraction of sp³-hybridized carbons (Fsp3) is 0.154. The van der Waals surface area contributed by atoms with Gasteiger partial charge in [-0.25, -0.2) is 4.90 Å². The van der Waals surface area contributed by atoms with E-state index < -0.39 is 11.8 Å². The monoisotopic (exact) mass is 446 g/mol. The van der Waals surface area contributed by atoms with Crippen molar-refractivity contribution < 1.29 is 14.3 Å². The summed E-state index contributed by atoms with van der Waals surface area (Å²) >= 11 is 6.19. The van der Waals surface area contributed by atoms with Crippen LogP contribution in [0.15, 0.2) is 66.4 Å². The predicted octanol–water partition coefficient (Wildman–Crippen LogP) is 5.67. The van der Waals surface area contributed by atoms with Gasteiger partial charge in [0, 0.05) is 16.3 Å². The maximum Gasteiger partial charge on any atom is 0.282 e. The molecule has 3 aromatic carbocycles. The molecule has 0 saturated carbocycles. The van der Waals surface area contributed by atoms with Gasteiger partial charge in [0.2, 0.25) is 0 Å². The summed E-state index contributed by atoms with van der Waals surface area (Å²) in [7, 11) is 1.54. The summed E-state index contributed by atoms with van der Waals surface area (Å²) in [4.78, 5) is 28.6. The second kappa shape index (κ2) is 8.52. The lowest BCUT2D eigenvalue weighted by Crippen LogP contribution is -2.33. The van der Waals surface area contributed by atoms with Crippen molar-refractivity contribution in [3.63, 3.8) is 0 Å². The Morgan fingerprint density at radius 2 is 1.59 bits per heavy atom. The number of hydrogen-bond acceptors (Lipinski definition) is 4. The van der Waals surface area contributed by atoms with Crippen LogP contribution in [0.5, 0.6) is 5.75 Å². The molecular weight excluding hydrogens is 424 g/mol. The lowest BCUT2D eigenvalue weighted by Gasteiger charge is -2.19. The molecule has 2 amide bonds. The summed E-state index contributed by atoms with van der Waals surface area (Å²) in [6, 6.07) is 18.3. The van der Waals surface area contributed by atoms with E-state index in [-0.39, 0.29) is 11.3 Å². The highest BCUT2D eigenvalue weighted by Gasteiger charge is 2.41. The number of halogens is 1. The van der Waals surface area contributed by atoms with Crippen LogP contribution in [0.1, 0.15) is 22.3 Å². The Labute approximate surface area is 192 Å². The average molecular weight is 447 g/mol. The average Bonchev–Trinajstić information content (AvgIpc) is 3.01. The van der Waals surface area contributed by atoms with Gasteiger partial charge in [-0.1, -0.05) is 48.0 Å². The van der Waals surface area contributed by atoms with E-state index in [0.717, 1.165) is 16.7 Å². The van der Waals surface area contributed by atoms with Gasteiger partial charge in [-0.3, -0.25) is 9.59 Å². The SMILES string of the molecule is COc1ccccc1C1=C(Nc2cc(Cl)ccc2C)C(=O)N(c2cc(C)ccc2C)C1=O. The third kappa shape index (κ3) is 3.76. The lowest BCUT2D eigenvalue weighted by molar-refractivity contribution is -0.120. The zero-order chi connectivity index (χ0) is 23.0. The van der Waals surface area contributed by atoms with Crippen molar-refractivity contribution in [2.75, 3.05) is 17.3 Å². The van der Waals surface area contributed by atoms with Crippen LogP contribution in [0, 0.1) is 20.8 Å². The topological polar surface area (TPSA) is 58.6 Å². The minimum atomic E-state index is -0.427. The Morgan fingerprint density at radius 3 is 2.34 bits per heavy atom. The number of benzene rings is 3. The van der Waals surface area contributed by atoms with Crippen molar-refractivity contribution in [2.45, 2.75) is 20.8 Å². The Morgan fingerprint density at radius 1 is 0.875 bits per heavy atom. The third-order valence-electron chi connectivity index (χ3n) is 5.53. The summed E-state index contributed by atoms with van der Waals surface area (Å²) in [5.74, 6) is -0.326. The molecule has 0 aromatic heterocycles. The lowest BCUT2D eigenvalue weighted by atomic mass is 10.0. The van der Waals surface area contributed by atoms with Gasteiger partial charge >= 0.3 is 0 Å². The first-order chi connectivity index (χ1) is 15.3. The van der Waals surface area contributed by atoms with Gasteiger partial charge in [0.25, 0.3) is 11.8 Å². The molecule has 5 nitrogen and oxygen atoms in total. The van der Waals surface area contributed by atoms with Crippen molar-refractivity contribution >= 4 is 40.4 Å². The van der Waals surface area contributed by atoms with Gasteiger partial charge in [-0.2, -0.15) is 0 Å². The van der Waals surface area contributed by atoms with Gasteiger partial charge in [-0.15, -0.1) is 0 Å². The highest BCUT2D eigenvalue weighted by atomic mass is 35.5. The molecule has 0 atom stereocenters. The number of amides is 2. The van der Waals surface area contributed by atoms with Gasteiger partial charge in [0.05, 0.1) is 18.4 Å². The van der Waals surface area contributed by atoms with E-state index in [2.05, 4.69) is 5.32 Å². The molecular formula is C26H23ClN2O3. The molecule has 0 radical (unpaired) electrons. The first-order valence-corrected chi connectivity index (χ1v) is 10.6. The first-order valence-electron chi connectivity index (χ1n) is 10.2. The summed E-state index contributed by atoms with van der Waals surface area (Å²) in [5, 5.41) is 3.72. The van der Waals surface area contributed by atoms with Crippen molar-refractivity contribution in [1.29, 1.82) is 0 Å². The molecule has 0 saturated heterocycles. The van der Waals surface area contributed by atoms with E-state index in [0.29, 0.717) is 27.7 Å². The molecule has 32 heavy (non-hydrogen) atoms. The van der Waals surface area contributed by atoms with Crippen molar-refractivity contribution in [3.8, 4) is 5.75 Å². The molecule has 1 aliphatic heterocycles. The number of ether oxygens (including phenoxy) is 1. The molecule has 1 heterocycles. The zero-order valence-electron chi connectivity index (χ0n) is 18.3. The van der Waals surface area contributed by atoms with E-state index in [1.54, 1.807) is 24.3 Å². The van der Waals surface area contributed by atoms with Crippen LogP contribution >= 0.6 is 11.6 Å². The Balaban J connectivity index is 1.92. The number of imide groups is 1. The van der Waals surface area contributed by atoms with Crippen LogP contribution in [0.4, 0.5) is 11.4 Å². The molecule has 4 rings (SSSR count). The maximum absolute atomic E-state index is 13.7. The summed E-state index contributed by atoms with van der Waals surface area (Å²) in [5.41, 5.74) is 4.89. The van der Waals surface area contributed by atoms with Crippen LogP contribution in [0.2, 0.25) is 5.02 Å². The molecule has 3 aromatic rings. The van der Waals surface area contributed by atoms with Crippen molar-refractivity contribution in [3.05, 3.63) is 93.6 Å². The molecule has 0 spiro atoms. The smallest absolute Gasteiger partial charge is 0.282 e. The van der Waals surface area contributed by atoms with Gasteiger partial charge < -0.3 is 10.1 Å². The predicted molar refractivity (Wildman–Crippen MR) is 128 cm³/mol. The van der Waals surface area contributed by atoms with Crippen LogP contribution < -0.4 is 15.0 Å². The minimum absolute atomic E-state index is 0.186. The number of carbonyl (C=O) groups excluding carboxylic acids is 2. The number of nitrogens with one attached hydrogen (secondary N) is 1.